The smallest absolute Gasteiger partial charge is 0.232 e. The fourth-order valence-electron chi connectivity index (χ4n) is 1.40. The first-order valence-electron chi connectivity index (χ1n) is 4.86. The largest absolute Gasteiger partial charge is 0.316 e. The molecule has 0 aliphatic carbocycles. The Bertz CT molecular complexity index is 831. The van der Waals surface area contributed by atoms with E-state index in [2.05, 4.69) is 15.2 Å². The Morgan fingerprint density at radius 3 is 2.16 bits per heavy atom. The lowest BCUT2D eigenvalue weighted by molar-refractivity contribution is 0.585. The van der Waals surface area contributed by atoms with E-state index in [0.717, 1.165) is 23.8 Å². The van der Waals surface area contributed by atoms with Crippen LogP contribution >= 0.6 is 11.3 Å². The molecule has 11 heteroatoms. The Morgan fingerprint density at radius 1 is 1.11 bits per heavy atom. The van der Waals surface area contributed by atoms with Crippen LogP contribution in [0.2, 0.25) is 0 Å². The number of nitrogens with zero attached hydrogens (tertiary/aromatic N) is 4. The molecule has 2 aromatic heterocycles. The molecule has 0 aromatic carbocycles. The molecule has 0 unspecified atom stereocenters. The quantitative estimate of drug-likeness (QED) is 0.765. The van der Waals surface area contributed by atoms with Crippen LogP contribution in [0.1, 0.15) is 0 Å². The van der Waals surface area contributed by atoms with Gasteiger partial charge >= 0.3 is 0 Å². The van der Waals surface area contributed by atoms with Crippen LogP contribution < -0.4 is 0 Å². The Labute approximate surface area is 114 Å². The van der Waals surface area contributed by atoms with Crippen molar-refractivity contribution in [3.8, 4) is 10.7 Å². The lowest BCUT2D eigenvalue weighted by atomic mass is 10.5. The summed E-state index contributed by atoms with van der Waals surface area (Å²) in [5.74, 6) is 0. The third-order valence-electron chi connectivity index (χ3n) is 2.22. The summed E-state index contributed by atoms with van der Waals surface area (Å²) in [5.41, 5.74) is 0.396. The third-order valence-corrected chi connectivity index (χ3v) is 5.88. The van der Waals surface area contributed by atoms with Gasteiger partial charge in [0.1, 0.15) is 0 Å². The number of imidazole rings is 1. The predicted octanol–water partition coefficient (Wildman–Crippen LogP) is -0.254. The molecular formula is C8H10N4O4S3. The standard InChI is InChI=1S/C8H10N4O4S3/c1-12-5(4-9-7(12)18(2,13)14)6-10-11-8(17-6)19(3,15)16/h4H,1-3H3. The molecule has 0 atom stereocenters. The van der Waals surface area contributed by atoms with Crippen molar-refractivity contribution in [2.75, 3.05) is 12.5 Å². The van der Waals surface area contributed by atoms with Crippen LogP contribution in [0.4, 0.5) is 0 Å². The molecule has 0 saturated carbocycles. The van der Waals surface area contributed by atoms with Crippen LogP contribution in [0.3, 0.4) is 0 Å². The van der Waals surface area contributed by atoms with Crippen LogP contribution in [-0.4, -0.2) is 49.1 Å². The van der Waals surface area contributed by atoms with Crippen LogP contribution in [0.15, 0.2) is 15.7 Å². The van der Waals surface area contributed by atoms with E-state index in [1.807, 2.05) is 0 Å². The fourth-order valence-corrected chi connectivity index (χ4v) is 3.89. The third kappa shape index (κ3) is 2.67. The Hall–Kier alpha value is -1.33. The molecule has 2 rings (SSSR count). The van der Waals surface area contributed by atoms with E-state index in [1.54, 1.807) is 0 Å². The number of sulfone groups is 2. The highest BCUT2D eigenvalue weighted by Crippen LogP contribution is 2.26. The van der Waals surface area contributed by atoms with E-state index in [-0.39, 0.29) is 9.50 Å². The van der Waals surface area contributed by atoms with E-state index in [4.69, 9.17) is 0 Å². The second-order valence-corrected chi connectivity index (χ2v) is 8.98. The topological polar surface area (TPSA) is 112 Å². The second kappa shape index (κ2) is 4.35. The number of hydrogen-bond donors (Lipinski definition) is 0. The molecule has 0 aliphatic heterocycles. The SMILES string of the molecule is Cn1c(-c2nnc(S(C)(=O)=O)s2)cnc1S(C)(=O)=O. The van der Waals surface area contributed by atoms with Crippen LogP contribution in [0.5, 0.6) is 0 Å². The summed E-state index contributed by atoms with van der Waals surface area (Å²) in [4.78, 5) is 3.80. The highest BCUT2D eigenvalue weighted by Gasteiger charge is 2.21. The van der Waals surface area contributed by atoms with Crippen molar-refractivity contribution >= 4 is 31.0 Å². The Balaban J connectivity index is 2.56. The highest BCUT2D eigenvalue weighted by atomic mass is 32.2. The average Bonchev–Trinajstić information content (AvgIpc) is 2.80. The number of rotatable bonds is 3. The van der Waals surface area contributed by atoms with Gasteiger partial charge in [-0.25, -0.2) is 21.8 Å². The average molecular weight is 322 g/mol. The van der Waals surface area contributed by atoms with Crippen molar-refractivity contribution in [2.45, 2.75) is 9.50 Å². The first-order valence-corrected chi connectivity index (χ1v) is 9.46. The van der Waals surface area contributed by atoms with Gasteiger partial charge in [-0.1, -0.05) is 11.3 Å². The summed E-state index contributed by atoms with van der Waals surface area (Å²) in [6, 6.07) is 0. The van der Waals surface area contributed by atoms with Crippen molar-refractivity contribution < 1.29 is 16.8 Å². The van der Waals surface area contributed by atoms with Gasteiger partial charge in [0.05, 0.1) is 11.9 Å². The van der Waals surface area contributed by atoms with Crippen LogP contribution in [0, 0.1) is 0 Å². The molecule has 0 spiro atoms. The molecule has 0 aliphatic rings. The second-order valence-electron chi connectivity index (χ2n) is 3.90. The zero-order valence-corrected chi connectivity index (χ0v) is 12.7. The minimum absolute atomic E-state index is 0.112. The van der Waals surface area contributed by atoms with Gasteiger partial charge in [-0.15, -0.1) is 10.2 Å². The number of aromatic nitrogens is 4. The van der Waals surface area contributed by atoms with E-state index in [9.17, 15) is 16.8 Å². The normalized spacial score (nSPS) is 12.8. The molecule has 0 N–H and O–H groups in total. The van der Waals surface area contributed by atoms with Crippen LogP contribution in [0.25, 0.3) is 10.7 Å². The lowest BCUT2D eigenvalue weighted by Gasteiger charge is -2.00. The fraction of sp³-hybridized carbons (Fsp3) is 0.375. The van der Waals surface area contributed by atoms with Crippen molar-refractivity contribution in [1.82, 2.24) is 19.7 Å². The van der Waals surface area contributed by atoms with Gasteiger partial charge in [0.25, 0.3) is 0 Å². The highest BCUT2D eigenvalue weighted by molar-refractivity contribution is 7.92. The molecule has 104 valence electrons. The minimum atomic E-state index is -3.45. The van der Waals surface area contributed by atoms with E-state index < -0.39 is 19.7 Å². The summed E-state index contributed by atoms with van der Waals surface area (Å²) < 4.78 is 46.7. The zero-order valence-electron chi connectivity index (χ0n) is 10.2. The zero-order chi connectivity index (χ0) is 14.4. The maximum atomic E-state index is 11.5. The van der Waals surface area contributed by atoms with Gasteiger partial charge in [0.2, 0.25) is 29.2 Å². The first kappa shape index (κ1) is 14.1. The maximum Gasteiger partial charge on any atom is 0.232 e. The summed E-state index contributed by atoms with van der Waals surface area (Å²) in [6.45, 7) is 0. The van der Waals surface area contributed by atoms with Gasteiger partial charge in [-0.2, -0.15) is 0 Å². The summed E-state index contributed by atoms with van der Waals surface area (Å²) in [5, 5.41) is 7.49. The molecule has 19 heavy (non-hydrogen) atoms. The summed E-state index contributed by atoms with van der Waals surface area (Å²) in [6.07, 6.45) is 3.40. The van der Waals surface area contributed by atoms with Gasteiger partial charge in [-0.05, 0) is 0 Å². The summed E-state index contributed by atoms with van der Waals surface area (Å²) >= 11 is 0.865. The molecule has 2 heterocycles. The molecule has 0 bridgehead atoms. The molecular weight excluding hydrogens is 312 g/mol. The molecule has 8 nitrogen and oxygen atoms in total. The van der Waals surface area contributed by atoms with Crippen molar-refractivity contribution in [3.05, 3.63) is 6.20 Å². The monoisotopic (exact) mass is 322 g/mol. The molecule has 0 saturated heterocycles. The van der Waals surface area contributed by atoms with Crippen LogP contribution in [-0.2, 0) is 26.7 Å². The van der Waals surface area contributed by atoms with E-state index in [0.29, 0.717) is 10.7 Å². The molecule has 0 amide bonds. The lowest BCUT2D eigenvalue weighted by Crippen LogP contribution is -2.06. The van der Waals surface area contributed by atoms with E-state index >= 15 is 0 Å². The van der Waals surface area contributed by atoms with E-state index in [1.165, 1.54) is 17.8 Å². The summed E-state index contributed by atoms with van der Waals surface area (Å²) in [7, 11) is -5.37. The van der Waals surface area contributed by atoms with Gasteiger partial charge in [0.15, 0.2) is 5.01 Å². The van der Waals surface area contributed by atoms with Gasteiger partial charge < -0.3 is 4.57 Å². The molecule has 0 fully saturated rings. The molecule has 0 radical (unpaired) electrons. The van der Waals surface area contributed by atoms with Crippen molar-refractivity contribution in [2.24, 2.45) is 7.05 Å². The predicted molar refractivity (Wildman–Crippen MR) is 68.3 cm³/mol. The minimum Gasteiger partial charge on any atom is -0.316 e. The number of hydrogen-bond acceptors (Lipinski definition) is 8. The Kier molecular flexibility index (Phi) is 3.23. The van der Waals surface area contributed by atoms with Gasteiger partial charge in [-0.3, -0.25) is 0 Å². The first-order chi connectivity index (χ1) is 8.60. The van der Waals surface area contributed by atoms with Crippen molar-refractivity contribution in [3.63, 3.8) is 0 Å². The molecule has 2 aromatic rings. The maximum absolute atomic E-state index is 11.5. The Morgan fingerprint density at radius 2 is 1.74 bits per heavy atom. The van der Waals surface area contributed by atoms with Crippen molar-refractivity contribution in [1.29, 1.82) is 0 Å². The van der Waals surface area contributed by atoms with Gasteiger partial charge in [0, 0.05) is 19.6 Å².